The van der Waals surface area contributed by atoms with Crippen LogP contribution in [0.3, 0.4) is 0 Å². The number of aromatic nitrogens is 1. The average Bonchev–Trinajstić information content (AvgIpc) is 3.09. The Morgan fingerprint density at radius 3 is 2.45 bits per heavy atom. The summed E-state index contributed by atoms with van der Waals surface area (Å²) >= 11 is 0. The predicted molar refractivity (Wildman–Crippen MR) is 120 cm³/mol. The molecule has 7 nitrogen and oxygen atoms in total. The summed E-state index contributed by atoms with van der Waals surface area (Å²) in [6.45, 7) is 5.45. The number of oxazole rings is 1. The number of nitrogens with zero attached hydrogens (tertiary/aromatic N) is 2. The molecule has 1 aromatic heterocycles. The smallest absolute Gasteiger partial charge is 0.255 e. The fraction of sp³-hybridized carbons (Fsp3) is 0.304. The van der Waals surface area contributed by atoms with Gasteiger partial charge in [0.15, 0.2) is 9.84 Å². The molecule has 0 aliphatic carbocycles. The molecular formula is C23H25N3O4S. The van der Waals surface area contributed by atoms with Crippen molar-refractivity contribution in [2.24, 2.45) is 0 Å². The molecule has 1 amide bonds. The number of anilines is 1. The second-order valence-corrected chi connectivity index (χ2v) is 10.1. The molecule has 1 fully saturated rings. The van der Waals surface area contributed by atoms with Crippen molar-refractivity contribution in [3.05, 3.63) is 71.1 Å². The molecular weight excluding hydrogens is 414 g/mol. The van der Waals surface area contributed by atoms with Crippen molar-refractivity contribution < 1.29 is 17.6 Å². The second-order valence-electron chi connectivity index (χ2n) is 7.82. The Kier molecular flexibility index (Phi) is 5.93. The van der Waals surface area contributed by atoms with E-state index in [0.29, 0.717) is 36.8 Å². The fourth-order valence-electron chi connectivity index (χ4n) is 3.47. The van der Waals surface area contributed by atoms with Crippen LogP contribution in [0.5, 0.6) is 0 Å². The van der Waals surface area contributed by atoms with Crippen molar-refractivity contribution in [1.29, 1.82) is 0 Å². The number of hydrogen-bond donors (Lipinski definition) is 1. The lowest BCUT2D eigenvalue weighted by Gasteiger charge is -2.26. The fourth-order valence-corrected chi connectivity index (χ4v) is 4.75. The Labute approximate surface area is 182 Å². The summed E-state index contributed by atoms with van der Waals surface area (Å²) in [7, 11) is -2.90. The molecule has 0 bridgehead atoms. The van der Waals surface area contributed by atoms with E-state index in [2.05, 4.69) is 15.2 Å². The molecule has 1 aliphatic rings. The Balaban J connectivity index is 1.40. The number of carbonyl (C=O) groups is 1. The minimum Gasteiger partial charge on any atom is -0.441 e. The first-order valence-electron chi connectivity index (χ1n) is 10.2. The molecule has 162 valence electrons. The molecule has 0 radical (unpaired) electrons. The molecule has 1 saturated heterocycles. The molecule has 8 heteroatoms. The van der Waals surface area contributed by atoms with Crippen LogP contribution in [-0.4, -0.2) is 48.8 Å². The van der Waals surface area contributed by atoms with Gasteiger partial charge >= 0.3 is 0 Å². The van der Waals surface area contributed by atoms with Gasteiger partial charge in [-0.05, 0) is 55.8 Å². The Morgan fingerprint density at radius 2 is 1.81 bits per heavy atom. The maximum absolute atomic E-state index is 12.7. The van der Waals surface area contributed by atoms with E-state index in [4.69, 9.17) is 4.42 Å². The number of rotatable bonds is 5. The van der Waals surface area contributed by atoms with E-state index in [0.717, 1.165) is 22.6 Å². The van der Waals surface area contributed by atoms with Crippen LogP contribution in [0.1, 0.15) is 27.4 Å². The third-order valence-electron chi connectivity index (χ3n) is 5.45. The zero-order valence-electron chi connectivity index (χ0n) is 17.6. The van der Waals surface area contributed by atoms with Gasteiger partial charge in [-0.15, -0.1) is 0 Å². The van der Waals surface area contributed by atoms with Gasteiger partial charge in [0.2, 0.25) is 5.89 Å². The minimum absolute atomic E-state index is 0.190. The molecule has 0 spiro atoms. The number of amides is 1. The summed E-state index contributed by atoms with van der Waals surface area (Å²) < 4.78 is 28.8. The van der Waals surface area contributed by atoms with Crippen molar-refractivity contribution in [3.63, 3.8) is 0 Å². The maximum Gasteiger partial charge on any atom is 0.255 e. The first kappa shape index (κ1) is 21.3. The van der Waals surface area contributed by atoms with Crippen LogP contribution in [0, 0.1) is 13.8 Å². The van der Waals surface area contributed by atoms with Crippen LogP contribution in [-0.2, 0) is 16.4 Å². The van der Waals surface area contributed by atoms with E-state index in [9.17, 15) is 13.2 Å². The van der Waals surface area contributed by atoms with Gasteiger partial charge in [-0.1, -0.05) is 12.1 Å². The quantitative estimate of drug-likeness (QED) is 0.655. The van der Waals surface area contributed by atoms with E-state index >= 15 is 0 Å². The highest BCUT2D eigenvalue weighted by Gasteiger charge is 2.21. The molecule has 3 aromatic rings. The van der Waals surface area contributed by atoms with E-state index in [1.807, 2.05) is 56.3 Å². The lowest BCUT2D eigenvalue weighted by Crippen LogP contribution is -2.39. The van der Waals surface area contributed by atoms with Crippen LogP contribution in [0.25, 0.3) is 11.5 Å². The summed E-state index contributed by atoms with van der Waals surface area (Å²) in [5.41, 5.74) is 3.93. The first-order valence-corrected chi connectivity index (χ1v) is 12.0. The lowest BCUT2D eigenvalue weighted by molar-refractivity contribution is 0.102. The van der Waals surface area contributed by atoms with Crippen LogP contribution in [0.15, 0.2) is 52.9 Å². The lowest BCUT2D eigenvalue weighted by atomic mass is 10.1. The molecule has 1 N–H and O–H groups in total. The van der Waals surface area contributed by atoms with Gasteiger partial charge in [-0.3, -0.25) is 9.69 Å². The van der Waals surface area contributed by atoms with Gasteiger partial charge in [0, 0.05) is 36.4 Å². The minimum atomic E-state index is -2.90. The first-order chi connectivity index (χ1) is 14.8. The third-order valence-corrected chi connectivity index (χ3v) is 7.06. The van der Waals surface area contributed by atoms with Crippen molar-refractivity contribution in [1.82, 2.24) is 9.88 Å². The van der Waals surface area contributed by atoms with Crippen molar-refractivity contribution >= 4 is 21.4 Å². The largest absolute Gasteiger partial charge is 0.441 e. The summed E-state index contributed by atoms with van der Waals surface area (Å²) in [5.74, 6) is 1.54. The second kappa shape index (κ2) is 8.64. The number of aryl methyl sites for hydroxylation is 2. The Bertz CT molecular complexity index is 1170. The maximum atomic E-state index is 12.7. The van der Waals surface area contributed by atoms with Gasteiger partial charge in [-0.2, -0.15) is 0 Å². The molecule has 0 atom stereocenters. The highest BCUT2D eigenvalue weighted by Crippen LogP contribution is 2.23. The van der Waals surface area contributed by atoms with Crippen LogP contribution in [0.2, 0.25) is 0 Å². The molecule has 0 saturated carbocycles. The molecule has 4 rings (SSSR count). The van der Waals surface area contributed by atoms with Crippen molar-refractivity contribution in [3.8, 4) is 11.5 Å². The predicted octanol–water partition coefficient (Wildman–Crippen LogP) is 3.44. The Morgan fingerprint density at radius 1 is 1.10 bits per heavy atom. The van der Waals surface area contributed by atoms with Crippen LogP contribution >= 0.6 is 0 Å². The van der Waals surface area contributed by atoms with Crippen molar-refractivity contribution in [2.75, 3.05) is 29.9 Å². The topological polar surface area (TPSA) is 92.5 Å². The van der Waals surface area contributed by atoms with E-state index < -0.39 is 9.84 Å². The van der Waals surface area contributed by atoms with Gasteiger partial charge in [0.05, 0.1) is 17.2 Å². The van der Waals surface area contributed by atoms with E-state index in [-0.39, 0.29) is 17.4 Å². The van der Waals surface area contributed by atoms with Gasteiger partial charge in [0.1, 0.15) is 5.76 Å². The molecule has 31 heavy (non-hydrogen) atoms. The summed E-state index contributed by atoms with van der Waals surface area (Å²) in [5, 5.41) is 2.91. The molecule has 1 aliphatic heterocycles. The molecule has 0 unspecified atom stereocenters. The third kappa shape index (κ3) is 5.21. The zero-order valence-corrected chi connectivity index (χ0v) is 18.4. The standard InChI is InChI=1S/C23H25N3O4S/c1-16-17(2)30-23(24-16)19-6-8-21(9-7-19)25-22(27)20-5-3-4-18(14-20)15-26-10-12-31(28,29)13-11-26/h3-9,14H,10-13,15H2,1-2H3,(H,25,27). The summed E-state index contributed by atoms with van der Waals surface area (Å²) in [6, 6.07) is 14.8. The Hall–Kier alpha value is -2.97. The molecule has 2 aromatic carbocycles. The van der Waals surface area contributed by atoms with Crippen LogP contribution < -0.4 is 5.32 Å². The summed E-state index contributed by atoms with van der Waals surface area (Å²) in [4.78, 5) is 19.2. The number of hydrogen-bond acceptors (Lipinski definition) is 6. The van der Waals surface area contributed by atoms with Crippen LogP contribution in [0.4, 0.5) is 5.69 Å². The van der Waals surface area contributed by atoms with E-state index in [1.54, 1.807) is 6.07 Å². The average molecular weight is 440 g/mol. The highest BCUT2D eigenvalue weighted by atomic mass is 32.2. The van der Waals surface area contributed by atoms with Gasteiger partial charge < -0.3 is 9.73 Å². The van der Waals surface area contributed by atoms with Gasteiger partial charge in [0.25, 0.3) is 5.91 Å². The number of benzene rings is 2. The van der Waals surface area contributed by atoms with Crippen molar-refractivity contribution in [2.45, 2.75) is 20.4 Å². The van der Waals surface area contributed by atoms with E-state index in [1.165, 1.54) is 0 Å². The van der Waals surface area contributed by atoms with Gasteiger partial charge in [-0.25, -0.2) is 13.4 Å². The summed E-state index contributed by atoms with van der Waals surface area (Å²) in [6.07, 6.45) is 0. The monoisotopic (exact) mass is 439 g/mol. The number of sulfone groups is 1. The molecule has 2 heterocycles. The zero-order chi connectivity index (χ0) is 22.0. The SMILES string of the molecule is Cc1nc(-c2ccc(NC(=O)c3cccc(CN4CCS(=O)(=O)CC4)c3)cc2)oc1C. The normalized spacial score (nSPS) is 16.2. The number of nitrogens with one attached hydrogen (secondary N) is 1. The highest BCUT2D eigenvalue weighted by molar-refractivity contribution is 7.91. The number of carbonyl (C=O) groups excluding carboxylic acids is 1.